The molecule has 0 bridgehead atoms. The van der Waals surface area contributed by atoms with E-state index in [4.69, 9.17) is 9.47 Å². The standard InChI is InChI=1S/C34H35N5O5S2/c1-23-31(22-45-34-36-37-38-39(34)2)43-33(44-32(23)26-16-14-24(21-40)15-17-26)29-11-7-10-28(19-29)27-9-6-8-25(18-27)20-35-46(41,42)30-12-4-3-5-13-30/h3-19,23,31-33,35,40H,20-22H2,1-2H3. The van der Waals surface area contributed by atoms with E-state index < -0.39 is 16.3 Å². The van der Waals surface area contributed by atoms with E-state index in [2.05, 4.69) is 33.2 Å². The van der Waals surface area contributed by atoms with Gasteiger partial charge >= 0.3 is 0 Å². The average Bonchev–Trinajstić information content (AvgIpc) is 3.51. The third kappa shape index (κ3) is 7.38. The minimum atomic E-state index is -3.63. The average molecular weight is 658 g/mol. The smallest absolute Gasteiger partial charge is 0.240 e. The molecule has 4 unspecified atom stereocenters. The molecule has 4 atom stereocenters. The van der Waals surface area contributed by atoms with Gasteiger partial charge in [0, 0.05) is 30.8 Å². The van der Waals surface area contributed by atoms with Gasteiger partial charge in [-0.05, 0) is 62.5 Å². The van der Waals surface area contributed by atoms with Crippen LogP contribution in [0.2, 0.25) is 0 Å². The largest absolute Gasteiger partial charge is 0.392 e. The molecule has 46 heavy (non-hydrogen) atoms. The van der Waals surface area contributed by atoms with E-state index in [1.807, 2.05) is 73.8 Å². The second-order valence-corrected chi connectivity index (χ2v) is 13.9. The highest BCUT2D eigenvalue weighted by Gasteiger charge is 2.38. The van der Waals surface area contributed by atoms with Gasteiger partial charge in [-0.1, -0.05) is 97.5 Å². The third-order valence-electron chi connectivity index (χ3n) is 8.02. The van der Waals surface area contributed by atoms with Crippen LogP contribution >= 0.6 is 11.8 Å². The minimum Gasteiger partial charge on any atom is -0.392 e. The number of hydrogen-bond acceptors (Lipinski definition) is 9. The molecular formula is C34H35N5O5S2. The molecule has 0 saturated carbocycles. The molecule has 1 aromatic heterocycles. The van der Waals surface area contributed by atoms with E-state index in [1.54, 1.807) is 35.0 Å². The topological polar surface area (TPSA) is 128 Å². The lowest BCUT2D eigenvalue weighted by atomic mass is 9.91. The van der Waals surface area contributed by atoms with Gasteiger partial charge in [0.1, 0.15) is 0 Å². The summed E-state index contributed by atoms with van der Waals surface area (Å²) in [6.45, 7) is 2.26. The fourth-order valence-corrected chi connectivity index (χ4v) is 7.45. The Morgan fingerprint density at radius 3 is 2.33 bits per heavy atom. The summed E-state index contributed by atoms with van der Waals surface area (Å²) >= 11 is 1.54. The van der Waals surface area contributed by atoms with Gasteiger partial charge in [0.2, 0.25) is 15.2 Å². The van der Waals surface area contributed by atoms with Gasteiger partial charge in [0.15, 0.2) is 6.29 Å². The summed E-state index contributed by atoms with van der Waals surface area (Å²) in [4.78, 5) is 0.230. The molecule has 12 heteroatoms. The lowest BCUT2D eigenvalue weighted by Gasteiger charge is -2.41. The van der Waals surface area contributed by atoms with Crippen molar-refractivity contribution in [1.29, 1.82) is 0 Å². The molecular weight excluding hydrogens is 623 g/mol. The first-order chi connectivity index (χ1) is 22.3. The number of hydrogen-bond donors (Lipinski definition) is 2. The summed E-state index contributed by atoms with van der Waals surface area (Å²) in [5.74, 6) is 0.644. The lowest BCUT2D eigenvalue weighted by molar-refractivity contribution is -0.268. The molecule has 2 N–H and O–H groups in total. The van der Waals surface area contributed by atoms with E-state index in [-0.39, 0.29) is 36.2 Å². The number of nitrogens with zero attached hydrogens (tertiary/aromatic N) is 4. The normalized spacial score (nSPS) is 20.1. The van der Waals surface area contributed by atoms with Crippen LogP contribution in [-0.4, -0.2) is 45.6 Å². The first-order valence-electron chi connectivity index (χ1n) is 14.9. The number of aliphatic hydroxyl groups is 1. The highest BCUT2D eigenvalue weighted by molar-refractivity contribution is 7.99. The molecule has 0 amide bonds. The Morgan fingerprint density at radius 2 is 1.61 bits per heavy atom. The van der Waals surface area contributed by atoms with Crippen LogP contribution in [-0.2, 0) is 39.7 Å². The van der Waals surface area contributed by atoms with Crippen molar-refractivity contribution >= 4 is 21.8 Å². The Balaban J connectivity index is 1.23. The quantitative estimate of drug-likeness (QED) is 0.179. The molecule has 5 aromatic rings. The predicted octanol–water partition coefficient (Wildman–Crippen LogP) is 5.43. The second kappa shape index (κ2) is 14.2. The van der Waals surface area contributed by atoms with Crippen LogP contribution in [0.1, 0.15) is 41.6 Å². The maximum Gasteiger partial charge on any atom is 0.240 e. The van der Waals surface area contributed by atoms with Gasteiger partial charge in [-0.2, -0.15) is 0 Å². The minimum absolute atomic E-state index is 0.0180. The second-order valence-electron chi connectivity index (χ2n) is 11.2. The van der Waals surface area contributed by atoms with Crippen LogP contribution in [0, 0.1) is 5.92 Å². The van der Waals surface area contributed by atoms with Crippen LogP contribution in [0.4, 0.5) is 0 Å². The maximum absolute atomic E-state index is 12.8. The van der Waals surface area contributed by atoms with Crippen molar-refractivity contribution in [2.45, 2.75) is 48.6 Å². The van der Waals surface area contributed by atoms with E-state index in [1.165, 1.54) is 11.8 Å². The van der Waals surface area contributed by atoms with Crippen LogP contribution in [0.3, 0.4) is 0 Å². The Morgan fingerprint density at radius 1 is 0.870 bits per heavy atom. The highest BCUT2D eigenvalue weighted by Crippen LogP contribution is 2.43. The summed E-state index contributed by atoms with van der Waals surface area (Å²) in [5, 5.41) is 22.1. The molecule has 238 valence electrons. The van der Waals surface area contributed by atoms with E-state index in [0.29, 0.717) is 10.9 Å². The molecule has 1 saturated heterocycles. The number of rotatable bonds is 11. The molecule has 0 radical (unpaired) electrons. The van der Waals surface area contributed by atoms with E-state index >= 15 is 0 Å². The number of thioether (sulfide) groups is 1. The molecule has 0 aliphatic carbocycles. The number of sulfonamides is 1. The Labute approximate surface area is 272 Å². The Kier molecular flexibility index (Phi) is 9.92. The van der Waals surface area contributed by atoms with Gasteiger partial charge in [0.25, 0.3) is 0 Å². The van der Waals surface area contributed by atoms with Crippen molar-refractivity contribution in [2.24, 2.45) is 13.0 Å². The van der Waals surface area contributed by atoms with Crippen molar-refractivity contribution in [3.63, 3.8) is 0 Å². The molecule has 1 aliphatic rings. The van der Waals surface area contributed by atoms with Crippen molar-refractivity contribution in [1.82, 2.24) is 24.9 Å². The third-order valence-corrected chi connectivity index (χ3v) is 10.5. The molecule has 1 aliphatic heterocycles. The van der Waals surface area contributed by atoms with Gasteiger partial charge in [-0.25, -0.2) is 17.8 Å². The first kappa shape index (κ1) is 32.0. The SMILES string of the molecule is CC1C(CSc2nnnn2C)OC(c2cccc(-c3cccc(CNS(=O)(=O)c4ccccc4)c3)c2)OC1c1ccc(CO)cc1. The summed E-state index contributed by atoms with van der Waals surface area (Å²) in [5.41, 5.74) is 5.45. The molecule has 4 aromatic carbocycles. The number of aromatic nitrogens is 4. The van der Waals surface area contributed by atoms with E-state index in [9.17, 15) is 13.5 Å². The maximum atomic E-state index is 12.8. The van der Waals surface area contributed by atoms with Crippen LogP contribution < -0.4 is 4.72 Å². The number of nitrogens with one attached hydrogen (secondary N) is 1. The Hall–Kier alpha value is -3.91. The van der Waals surface area contributed by atoms with Gasteiger partial charge in [-0.3, -0.25) is 0 Å². The summed E-state index contributed by atoms with van der Waals surface area (Å²) in [7, 11) is -1.82. The van der Waals surface area contributed by atoms with Crippen LogP contribution in [0.15, 0.2) is 113 Å². The zero-order valence-corrected chi connectivity index (χ0v) is 27.1. The lowest BCUT2D eigenvalue weighted by Crippen LogP contribution is -2.38. The van der Waals surface area contributed by atoms with Gasteiger partial charge in [0.05, 0.1) is 23.7 Å². The molecule has 6 rings (SSSR count). The fraction of sp³-hybridized carbons (Fsp3) is 0.265. The van der Waals surface area contributed by atoms with Crippen molar-refractivity contribution in [3.05, 3.63) is 125 Å². The van der Waals surface area contributed by atoms with Crippen molar-refractivity contribution < 1.29 is 23.0 Å². The molecule has 0 spiro atoms. The number of aryl methyl sites for hydroxylation is 1. The summed E-state index contributed by atoms with van der Waals surface area (Å²) < 4.78 is 43.1. The number of tetrazole rings is 1. The Bertz CT molecular complexity index is 1870. The number of aliphatic hydroxyl groups excluding tert-OH is 1. The fourth-order valence-electron chi connectivity index (χ4n) is 5.40. The predicted molar refractivity (Wildman–Crippen MR) is 175 cm³/mol. The van der Waals surface area contributed by atoms with Crippen LogP contribution in [0.25, 0.3) is 11.1 Å². The summed E-state index contributed by atoms with van der Waals surface area (Å²) in [6.07, 6.45) is -1.06. The van der Waals surface area contributed by atoms with Gasteiger partial charge in [-0.15, -0.1) is 5.10 Å². The van der Waals surface area contributed by atoms with Gasteiger partial charge < -0.3 is 14.6 Å². The zero-order chi connectivity index (χ0) is 32.1. The monoisotopic (exact) mass is 657 g/mol. The van der Waals surface area contributed by atoms with E-state index in [0.717, 1.165) is 33.4 Å². The molecule has 10 nitrogen and oxygen atoms in total. The van der Waals surface area contributed by atoms with Crippen molar-refractivity contribution in [3.8, 4) is 11.1 Å². The highest BCUT2D eigenvalue weighted by atomic mass is 32.2. The number of ether oxygens (including phenoxy) is 2. The molecule has 2 heterocycles. The summed E-state index contributed by atoms with van der Waals surface area (Å²) in [6, 6.07) is 32.0. The first-order valence-corrected chi connectivity index (χ1v) is 17.4. The molecule has 1 fully saturated rings. The zero-order valence-electron chi connectivity index (χ0n) is 25.4. The van der Waals surface area contributed by atoms with Crippen LogP contribution in [0.5, 0.6) is 0 Å². The number of benzene rings is 4. The van der Waals surface area contributed by atoms with Crippen molar-refractivity contribution in [2.75, 3.05) is 5.75 Å².